The van der Waals surface area contributed by atoms with Crippen LogP contribution < -0.4 is 5.32 Å². The van der Waals surface area contributed by atoms with Crippen molar-refractivity contribution in [3.8, 4) is 10.6 Å². The molecule has 1 amide bonds. The van der Waals surface area contributed by atoms with Crippen LogP contribution in [0.25, 0.3) is 10.6 Å². The quantitative estimate of drug-likeness (QED) is 0.889. The van der Waals surface area contributed by atoms with Gasteiger partial charge in [-0.25, -0.2) is 4.98 Å². The van der Waals surface area contributed by atoms with Gasteiger partial charge in [-0.3, -0.25) is 9.59 Å². The van der Waals surface area contributed by atoms with Crippen LogP contribution in [0, 0.1) is 6.92 Å². The summed E-state index contributed by atoms with van der Waals surface area (Å²) in [4.78, 5) is 28.3. The van der Waals surface area contributed by atoms with Crippen molar-refractivity contribution in [3.63, 3.8) is 0 Å². The van der Waals surface area contributed by atoms with Crippen molar-refractivity contribution >= 4 is 39.7 Å². The van der Waals surface area contributed by atoms with Gasteiger partial charge in [0.25, 0.3) is 0 Å². The first kappa shape index (κ1) is 13.7. The average Bonchev–Trinajstić information content (AvgIpc) is 2.96. The molecule has 0 saturated heterocycles. The Hall–Kier alpha value is -1.73. The SMILES string of the molecule is Cc1sc(NC(=O)CCC(=O)O)nc1-c1cccs1. The molecule has 19 heavy (non-hydrogen) atoms. The lowest BCUT2D eigenvalue weighted by atomic mass is 10.3. The number of hydrogen-bond donors (Lipinski definition) is 2. The molecule has 0 unspecified atom stereocenters. The van der Waals surface area contributed by atoms with E-state index in [4.69, 9.17) is 5.11 Å². The van der Waals surface area contributed by atoms with E-state index in [0.717, 1.165) is 15.4 Å². The molecule has 0 aliphatic carbocycles. The van der Waals surface area contributed by atoms with Crippen molar-refractivity contribution in [1.82, 2.24) is 4.98 Å². The van der Waals surface area contributed by atoms with Crippen LogP contribution in [-0.4, -0.2) is 22.0 Å². The molecule has 2 heterocycles. The Morgan fingerprint density at radius 2 is 2.21 bits per heavy atom. The second-order valence-electron chi connectivity index (χ2n) is 3.84. The first-order valence-electron chi connectivity index (χ1n) is 5.59. The van der Waals surface area contributed by atoms with E-state index in [2.05, 4.69) is 10.3 Å². The van der Waals surface area contributed by atoms with E-state index in [9.17, 15) is 9.59 Å². The maximum Gasteiger partial charge on any atom is 0.303 e. The molecule has 2 aromatic rings. The van der Waals surface area contributed by atoms with Crippen LogP contribution in [0.15, 0.2) is 17.5 Å². The number of aromatic nitrogens is 1. The monoisotopic (exact) mass is 296 g/mol. The number of aliphatic carboxylic acids is 1. The van der Waals surface area contributed by atoms with Crippen LogP contribution in [0.4, 0.5) is 5.13 Å². The first-order valence-corrected chi connectivity index (χ1v) is 7.29. The number of nitrogens with zero attached hydrogens (tertiary/aromatic N) is 1. The van der Waals surface area contributed by atoms with E-state index in [1.165, 1.54) is 11.3 Å². The summed E-state index contributed by atoms with van der Waals surface area (Å²) in [6.45, 7) is 1.94. The number of hydrogen-bond acceptors (Lipinski definition) is 5. The molecular formula is C12H12N2O3S2. The Balaban J connectivity index is 2.04. The molecule has 2 N–H and O–H groups in total. The summed E-state index contributed by atoms with van der Waals surface area (Å²) in [6.07, 6.45) is -0.212. The molecule has 2 rings (SSSR count). The highest BCUT2D eigenvalue weighted by molar-refractivity contribution is 7.17. The van der Waals surface area contributed by atoms with Gasteiger partial charge in [0.05, 0.1) is 17.0 Å². The summed E-state index contributed by atoms with van der Waals surface area (Å²) in [5, 5.41) is 13.6. The molecule has 0 aromatic carbocycles. The molecule has 2 aromatic heterocycles. The summed E-state index contributed by atoms with van der Waals surface area (Å²) >= 11 is 2.98. The summed E-state index contributed by atoms with van der Waals surface area (Å²) < 4.78 is 0. The number of carboxylic acids is 1. The van der Waals surface area contributed by atoms with Gasteiger partial charge in [-0.1, -0.05) is 6.07 Å². The van der Waals surface area contributed by atoms with Gasteiger partial charge in [-0.2, -0.15) is 0 Å². The molecule has 0 saturated carbocycles. The van der Waals surface area contributed by atoms with Crippen molar-refractivity contribution in [3.05, 3.63) is 22.4 Å². The Labute approximate surface area is 117 Å². The molecule has 0 spiro atoms. The highest BCUT2D eigenvalue weighted by Gasteiger charge is 2.13. The van der Waals surface area contributed by atoms with Gasteiger partial charge < -0.3 is 10.4 Å². The predicted molar refractivity (Wildman–Crippen MR) is 75.7 cm³/mol. The number of rotatable bonds is 5. The molecule has 0 bridgehead atoms. The minimum atomic E-state index is -0.982. The van der Waals surface area contributed by atoms with Crippen LogP contribution in [-0.2, 0) is 9.59 Å². The van der Waals surface area contributed by atoms with Crippen LogP contribution in [0.1, 0.15) is 17.7 Å². The zero-order chi connectivity index (χ0) is 13.8. The standard InChI is InChI=1S/C12H12N2O3S2/c1-7-11(8-3-2-6-18-8)14-12(19-7)13-9(15)4-5-10(16)17/h2-3,6H,4-5H2,1H3,(H,16,17)(H,13,14,15). The van der Waals surface area contributed by atoms with Crippen molar-refractivity contribution in [2.75, 3.05) is 5.32 Å². The van der Waals surface area contributed by atoms with Gasteiger partial charge in [-0.15, -0.1) is 22.7 Å². The van der Waals surface area contributed by atoms with E-state index >= 15 is 0 Å². The highest BCUT2D eigenvalue weighted by Crippen LogP contribution is 2.32. The largest absolute Gasteiger partial charge is 0.481 e. The number of aryl methyl sites for hydroxylation is 1. The van der Waals surface area contributed by atoms with Crippen LogP contribution >= 0.6 is 22.7 Å². The number of amides is 1. The normalized spacial score (nSPS) is 10.4. The molecule has 0 aliphatic rings. The molecule has 0 radical (unpaired) electrons. The summed E-state index contributed by atoms with van der Waals surface area (Å²) in [6, 6.07) is 3.92. The molecule has 0 atom stereocenters. The Morgan fingerprint density at radius 1 is 1.42 bits per heavy atom. The maximum atomic E-state index is 11.5. The third-order valence-electron chi connectivity index (χ3n) is 2.36. The number of carbonyl (C=O) groups is 2. The smallest absolute Gasteiger partial charge is 0.303 e. The van der Waals surface area contributed by atoms with Crippen LogP contribution in [0.3, 0.4) is 0 Å². The van der Waals surface area contributed by atoms with E-state index in [1.807, 2.05) is 24.4 Å². The van der Waals surface area contributed by atoms with Gasteiger partial charge >= 0.3 is 5.97 Å². The Morgan fingerprint density at radius 3 is 2.84 bits per heavy atom. The zero-order valence-corrected chi connectivity index (χ0v) is 11.8. The minimum Gasteiger partial charge on any atom is -0.481 e. The number of carboxylic acid groups (broad SMARTS) is 1. The van der Waals surface area contributed by atoms with Gasteiger partial charge in [0, 0.05) is 11.3 Å². The van der Waals surface area contributed by atoms with Gasteiger partial charge in [0.1, 0.15) is 0 Å². The number of carbonyl (C=O) groups excluding carboxylic acids is 1. The minimum absolute atomic E-state index is 0.0394. The fourth-order valence-electron chi connectivity index (χ4n) is 1.49. The molecular weight excluding hydrogens is 284 g/mol. The summed E-state index contributed by atoms with van der Waals surface area (Å²) in [7, 11) is 0. The first-order chi connectivity index (χ1) is 9.06. The second kappa shape index (κ2) is 5.94. The molecule has 100 valence electrons. The van der Waals surface area contributed by atoms with Crippen LogP contribution in [0.2, 0.25) is 0 Å². The molecule has 0 aliphatic heterocycles. The van der Waals surface area contributed by atoms with Crippen molar-refractivity contribution in [2.45, 2.75) is 19.8 Å². The van der Waals surface area contributed by atoms with Gasteiger partial charge in [0.2, 0.25) is 5.91 Å². The predicted octanol–water partition coefficient (Wildman–Crippen LogP) is 2.98. The molecule has 0 fully saturated rings. The summed E-state index contributed by atoms with van der Waals surface area (Å²) in [5.74, 6) is -1.31. The Bertz CT molecular complexity index is 590. The average molecular weight is 296 g/mol. The highest BCUT2D eigenvalue weighted by atomic mass is 32.1. The van der Waals surface area contributed by atoms with E-state index < -0.39 is 5.97 Å². The third-order valence-corrected chi connectivity index (χ3v) is 4.13. The fourth-order valence-corrected chi connectivity index (χ4v) is 3.17. The van der Waals surface area contributed by atoms with E-state index in [0.29, 0.717) is 5.13 Å². The summed E-state index contributed by atoms with van der Waals surface area (Å²) in [5.41, 5.74) is 0.869. The second-order valence-corrected chi connectivity index (χ2v) is 5.99. The van der Waals surface area contributed by atoms with E-state index in [-0.39, 0.29) is 18.7 Å². The molecule has 5 nitrogen and oxygen atoms in total. The van der Waals surface area contributed by atoms with Gasteiger partial charge in [0.15, 0.2) is 5.13 Å². The van der Waals surface area contributed by atoms with Crippen molar-refractivity contribution < 1.29 is 14.7 Å². The maximum absolute atomic E-state index is 11.5. The lowest BCUT2D eigenvalue weighted by Crippen LogP contribution is -2.12. The topological polar surface area (TPSA) is 79.3 Å². The van der Waals surface area contributed by atoms with Crippen molar-refractivity contribution in [1.29, 1.82) is 0 Å². The van der Waals surface area contributed by atoms with Crippen LogP contribution in [0.5, 0.6) is 0 Å². The lowest BCUT2D eigenvalue weighted by molar-refractivity contribution is -0.138. The van der Waals surface area contributed by atoms with E-state index in [1.54, 1.807) is 11.3 Å². The number of anilines is 1. The fraction of sp³-hybridized carbons (Fsp3) is 0.250. The molecule has 7 heteroatoms. The lowest BCUT2D eigenvalue weighted by Gasteiger charge is -1.98. The Kier molecular flexibility index (Phi) is 4.28. The number of thiazole rings is 1. The number of thiophene rings is 1. The zero-order valence-electron chi connectivity index (χ0n) is 10.2. The third kappa shape index (κ3) is 3.62. The van der Waals surface area contributed by atoms with Crippen molar-refractivity contribution in [2.24, 2.45) is 0 Å². The van der Waals surface area contributed by atoms with Gasteiger partial charge in [-0.05, 0) is 18.4 Å². The number of nitrogens with one attached hydrogen (secondary N) is 1.